The van der Waals surface area contributed by atoms with Gasteiger partial charge in [-0.05, 0) is 65.4 Å². The van der Waals surface area contributed by atoms with Crippen molar-refractivity contribution < 1.29 is 35.9 Å². The Morgan fingerprint density at radius 2 is 1.73 bits per heavy atom. The van der Waals surface area contributed by atoms with E-state index >= 15 is 0 Å². The maximum absolute atomic E-state index is 13.6. The van der Waals surface area contributed by atoms with Crippen LogP contribution in [0, 0.1) is 5.41 Å². The summed E-state index contributed by atoms with van der Waals surface area (Å²) in [6.07, 6.45) is -2.74. The Hall–Kier alpha value is -4.93. The summed E-state index contributed by atoms with van der Waals surface area (Å²) < 4.78 is 78.0. The topological polar surface area (TPSA) is 148 Å². The van der Waals surface area contributed by atoms with Gasteiger partial charge in [0.2, 0.25) is 21.9 Å². The minimum Gasteiger partial charge on any atom is -0.492 e. The Labute approximate surface area is 304 Å². The van der Waals surface area contributed by atoms with Crippen LogP contribution in [0.3, 0.4) is 0 Å². The van der Waals surface area contributed by atoms with Crippen LogP contribution in [0.25, 0.3) is 6.08 Å². The largest absolute Gasteiger partial charge is 0.492 e. The van der Waals surface area contributed by atoms with Crippen molar-refractivity contribution in [1.29, 1.82) is 0 Å². The molecule has 6 bridgehead atoms. The van der Waals surface area contributed by atoms with Gasteiger partial charge in [0.15, 0.2) is 6.61 Å². The lowest BCUT2D eigenvalue weighted by atomic mass is 9.93. The minimum absolute atomic E-state index is 0.0719. The first kappa shape index (κ1) is 38.3. The third-order valence-corrected chi connectivity index (χ3v) is 9.37. The second-order valence-corrected chi connectivity index (χ2v) is 14.9. The van der Waals surface area contributed by atoms with Gasteiger partial charge in [0.1, 0.15) is 5.75 Å². The Kier molecular flexibility index (Phi) is 12.2. The van der Waals surface area contributed by atoms with E-state index in [2.05, 4.69) is 30.9 Å². The molecule has 0 atom stereocenters. The van der Waals surface area contributed by atoms with Crippen molar-refractivity contribution in [1.82, 2.24) is 24.6 Å². The van der Waals surface area contributed by atoms with E-state index in [-0.39, 0.29) is 49.7 Å². The summed E-state index contributed by atoms with van der Waals surface area (Å²) in [6, 6.07) is 19.8. The highest BCUT2D eigenvalue weighted by Gasteiger charge is 2.30. The number of alkyl halides is 3. The van der Waals surface area contributed by atoms with Crippen LogP contribution in [0.15, 0.2) is 78.2 Å². The van der Waals surface area contributed by atoms with E-state index in [1.165, 1.54) is 9.71 Å². The van der Waals surface area contributed by atoms with Crippen molar-refractivity contribution in [2.24, 2.45) is 5.41 Å². The van der Waals surface area contributed by atoms with Crippen molar-refractivity contribution in [2.75, 3.05) is 43.5 Å². The molecule has 276 valence electrons. The zero-order chi connectivity index (χ0) is 37.4. The quantitative estimate of drug-likeness (QED) is 0.202. The highest BCUT2D eigenvalue weighted by atomic mass is 35.5. The first-order valence-electron chi connectivity index (χ1n) is 16.1. The van der Waals surface area contributed by atoms with Gasteiger partial charge in [-0.3, -0.25) is 4.79 Å². The van der Waals surface area contributed by atoms with Gasteiger partial charge in [0, 0.05) is 42.8 Å². The molecule has 8 rings (SSSR count). The van der Waals surface area contributed by atoms with Gasteiger partial charge in [0.05, 0.1) is 11.6 Å². The van der Waals surface area contributed by atoms with E-state index < -0.39 is 40.1 Å². The number of halogens is 4. The highest BCUT2D eigenvalue weighted by molar-refractivity contribution is 7.92. The molecule has 4 aliphatic rings. The number of amides is 1. The first-order valence-corrected chi connectivity index (χ1v) is 18.0. The number of hydrogen-bond donors (Lipinski definition) is 3. The number of benzene rings is 3. The second-order valence-electron chi connectivity index (χ2n) is 12.6. The molecule has 12 nitrogen and oxygen atoms in total. The minimum atomic E-state index is -4.62. The van der Waals surface area contributed by atoms with E-state index in [1.54, 1.807) is 60.7 Å². The zero-order valence-electron chi connectivity index (χ0n) is 28.3. The molecule has 3 aromatic carbocycles. The maximum Gasteiger partial charge on any atom is 0.422 e. The van der Waals surface area contributed by atoms with Crippen LogP contribution < -0.4 is 25.4 Å². The Morgan fingerprint density at radius 3 is 2.44 bits per heavy atom. The molecule has 0 fully saturated rings. The Bertz CT molecular complexity index is 1980. The molecule has 0 unspecified atom stereocenters. The number of rotatable bonds is 5. The summed E-state index contributed by atoms with van der Waals surface area (Å²) in [4.78, 5) is 25.3. The summed E-state index contributed by atoms with van der Waals surface area (Å²) >= 11 is 6.51. The molecule has 0 aliphatic carbocycles. The van der Waals surface area contributed by atoms with Gasteiger partial charge in [-0.2, -0.15) is 32.4 Å². The molecule has 5 heterocycles. The van der Waals surface area contributed by atoms with Crippen LogP contribution >= 0.6 is 11.6 Å². The van der Waals surface area contributed by atoms with Crippen molar-refractivity contribution in [3.8, 4) is 11.8 Å². The third kappa shape index (κ3) is 11.5. The van der Waals surface area contributed by atoms with E-state index in [0.29, 0.717) is 29.0 Å². The summed E-state index contributed by atoms with van der Waals surface area (Å²) in [5, 5.41) is 10.2. The number of nitrogens with zero attached hydrogens (tertiary/aromatic N) is 4. The first-order chi connectivity index (χ1) is 24.6. The predicted molar refractivity (Wildman–Crippen MR) is 192 cm³/mol. The normalized spacial score (nSPS) is 16.3. The van der Waals surface area contributed by atoms with Gasteiger partial charge < -0.3 is 25.4 Å². The SMILES string of the molecule is CC1(C)CNC(=O)c2ccc(cc2)Nc2nc(nc(OCC(F)(F)F)n2)NCc2ccc(c(Cl)c2)OCCCN(S(=O)(=O)C=Cc2ccccc2)C1. The van der Waals surface area contributed by atoms with Crippen LogP contribution in [0.5, 0.6) is 11.8 Å². The van der Waals surface area contributed by atoms with Crippen LogP contribution in [0.2, 0.25) is 5.02 Å². The van der Waals surface area contributed by atoms with E-state index in [4.69, 9.17) is 21.1 Å². The van der Waals surface area contributed by atoms with E-state index in [9.17, 15) is 26.4 Å². The standard InChI is InChI=1S/C35H37ClF3N7O5S/c1-34(2)21-41-30(47)26-10-12-27(13-11-26)42-32-43-31(44-33(45-32)51-23-35(37,38)39)40-20-25-9-14-29(28(36)19-25)50-17-6-16-46(22-34)52(48,49)18-15-24-7-4-3-5-8-24/h3-5,7-15,18-19H,6,16-17,20-23H2,1-2H3,(H,41,47)(H2,40,42,43,44,45). The highest BCUT2D eigenvalue weighted by Crippen LogP contribution is 2.27. The average molecular weight is 760 g/mol. The Morgan fingerprint density at radius 1 is 1.00 bits per heavy atom. The van der Waals surface area contributed by atoms with Gasteiger partial charge >= 0.3 is 12.2 Å². The third-order valence-electron chi connectivity index (χ3n) is 7.56. The van der Waals surface area contributed by atoms with Gasteiger partial charge in [-0.25, -0.2) is 8.42 Å². The number of carbonyl (C=O) groups is 1. The average Bonchev–Trinajstić information content (AvgIpc) is 3.10. The second kappa shape index (κ2) is 16.6. The lowest BCUT2D eigenvalue weighted by Gasteiger charge is -2.31. The lowest BCUT2D eigenvalue weighted by Crippen LogP contribution is -2.44. The molecule has 52 heavy (non-hydrogen) atoms. The van der Waals surface area contributed by atoms with E-state index in [0.717, 1.165) is 5.56 Å². The van der Waals surface area contributed by atoms with E-state index in [1.807, 2.05) is 32.0 Å². The fraction of sp³-hybridized carbons (Fsp3) is 0.314. The zero-order valence-corrected chi connectivity index (χ0v) is 29.9. The molecule has 1 amide bonds. The van der Waals surface area contributed by atoms with Gasteiger partial charge in [0.25, 0.3) is 5.91 Å². The molecule has 0 radical (unpaired) electrons. The van der Waals surface area contributed by atoms with Crippen molar-refractivity contribution in [3.63, 3.8) is 0 Å². The maximum atomic E-state index is 13.6. The van der Waals surface area contributed by atoms with Crippen molar-refractivity contribution >= 4 is 51.2 Å². The van der Waals surface area contributed by atoms with Crippen molar-refractivity contribution in [3.05, 3.63) is 99.9 Å². The van der Waals surface area contributed by atoms with Crippen molar-refractivity contribution in [2.45, 2.75) is 33.0 Å². The molecule has 0 spiro atoms. The van der Waals surface area contributed by atoms with Crippen LogP contribution in [-0.2, 0) is 16.6 Å². The molecule has 0 saturated carbocycles. The molecule has 4 aromatic rings. The molecular formula is C35H37ClF3N7O5S. The molecule has 4 aliphatic heterocycles. The van der Waals surface area contributed by atoms with Gasteiger partial charge in [-0.1, -0.05) is 61.8 Å². The number of carbonyl (C=O) groups excluding carboxylic acids is 1. The fourth-order valence-corrected chi connectivity index (χ4v) is 6.65. The molecular weight excluding hydrogens is 723 g/mol. The molecule has 0 saturated heterocycles. The van der Waals surface area contributed by atoms with Gasteiger partial charge in [-0.15, -0.1) is 0 Å². The summed E-state index contributed by atoms with van der Waals surface area (Å²) in [5.74, 6) is -0.195. The Balaban J connectivity index is 1.40. The number of sulfonamides is 1. The number of ether oxygens (including phenoxy) is 2. The summed E-state index contributed by atoms with van der Waals surface area (Å²) in [6.45, 7) is 2.78. The van der Waals surface area contributed by atoms with Crippen LogP contribution in [0.4, 0.5) is 30.8 Å². The van der Waals surface area contributed by atoms with Crippen LogP contribution in [-0.4, -0.2) is 72.6 Å². The number of hydrogen-bond acceptors (Lipinski definition) is 10. The monoisotopic (exact) mass is 759 g/mol. The number of aromatic nitrogens is 3. The summed E-state index contributed by atoms with van der Waals surface area (Å²) in [7, 11) is -3.88. The molecule has 3 N–H and O–H groups in total. The smallest absolute Gasteiger partial charge is 0.422 e. The lowest BCUT2D eigenvalue weighted by molar-refractivity contribution is -0.154. The number of nitrogens with one attached hydrogen (secondary N) is 3. The molecule has 17 heteroatoms. The molecule has 1 aromatic heterocycles. The summed E-state index contributed by atoms with van der Waals surface area (Å²) in [5.41, 5.74) is 1.47. The van der Waals surface area contributed by atoms with Crippen LogP contribution in [0.1, 0.15) is 41.8 Å². The predicted octanol–water partition coefficient (Wildman–Crippen LogP) is 6.66. The number of anilines is 3. The fourth-order valence-electron chi connectivity index (χ4n) is 4.98.